The number of methoxy groups -OCH3 is 1. The predicted octanol–water partition coefficient (Wildman–Crippen LogP) is 3.36. The summed E-state index contributed by atoms with van der Waals surface area (Å²) < 4.78 is 5.29. The van der Waals surface area contributed by atoms with Crippen molar-refractivity contribution in [1.29, 1.82) is 5.26 Å². The van der Waals surface area contributed by atoms with Crippen LogP contribution < -0.4 is 4.74 Å². The van der Waals surface area contributed by atoms with Crippen molar-refractivity contribution in [2.75, 3.05) is 13.4 Å². The van der Waals surface area contributed by atoms with Crippen LogP contribution in [0.3, 0.4) is 0 Å². The van der Waals surface area contributed by atoms with Gasteiger partial charge in [-0.2, -0.15) is 5.26 Å². The highest BCUT2D eigenvalue weighted by Crippen LogP contribution is 2.45. The van der Waals surface area contributed by atoms with Crippen molar-refractivity contribution >= 4 is 11.8 Å². The van der Waals surface area contributed by atoms with Crippen LogP contribution in [0, 0.1) is 11.3 Å². The standard InChI is InChI=1S/C13H15NOS/c1-15-11-5-4-10(8-12(11)16-2)13(9-14)6-3-7-13/h4-5,8H,3,6-7H2,1-2H3. The Balaban J connectivity index is 2.40. The van der Waals surface area contributed by atoms with Crippen molar-refractivity contribution in [3.63, 3.8) is 0 Å². The largest absolute Gasteiger partial charge is 0.496 e. The van der Waals surface area contributed by atoms with Gasteiger partial charge in [0.25, 0.3) is 0 Å². The van der Waals surface area contributed by atoms with E-state index < -0.39 is 0 Å². The minimum atomic E-state index is -0.225. The number of nitriles is 1. The molecule has 0 N–H and O–H groups in total. The maximum atomic E-state index is 9.29. The Kier molecular flexibility index (Phi) is 3.11. The van der Waals surface area contributed by atoms with Gasteiger partial charge in [0.2, 0.25) is 0 Å². The molecule has 84 valence electrons. The fraction of sp³-hybridized carbons (Fsp3) is 0.462. The Morgan fingerprint density at radius 3 is 2.62 bits per heavy atom. The van der Waals surface area contributed by atoms with Gasteiger partial charge in [0.15, 0.2) is 0 Å². The summed E-state index contributed by atoms with van der Waals surface area (Å²) in [7, 11) is 1.68. The fourth-order valence-electron chi connectivity index (χ4n) is 2.13. The van der Waals surface area contributed by atoms with E-state index in [4.69, 9.17) is 4.74 Å². The fourth-order valence-corrected chi connectivity index (χ4v) is 2.73. The zero-order chi connectivity index (χ0) is 11.6. The molecule has 0 aliphatic heterocycles. The second-order valence-corrected chi connectivity index (χ2v) is 4.97. The zero-order valence-electron chi connectivity index (χ0n) is 9.62. The van der Waals surface area contributed by atoms with Gasteiger partial charge in [0.1, 0.15) is 5.75 Å². The Bertz CT molecular complexity index is 432. The molecule has 1 saturated carbocycles. The van der Waals surface area contributed by atoms with E-state index in [9.17, 15) is 5.26 Å². The first-order chi connectivity index (χ1) is 7.75. The van der Waals surface area contributed by atoms with Crippen LogP contribution in [0.25, 0.3) is 0 Å². The van der Waals surface area contributed by atoms with Crippen LogP contribution in [0.15, 0.2) is 23.1 Å². The molecule has 16 heavy (non-hydrogen) atoms. The number of benzene rings is 1. The van der Waals surface area contributed by atoms with Crippen molar-refractivity contribution in [2.45, 2.75) is 29.6 Å². The smallest absolute Gasteiger partial charge is 0.132 e. The maximum Gasteiger partial charge on any atom is 0.132 e. The molecule has 1 aliphatic rings. The van der Waals surface area contributed by atoms with Crippen molar-refractivity contribution in [3.8, 4) is 11.8 Å². The Morgan fingerprint density at radius 2 is 2.19 bits per heavy atom. The summed E-state index contributed by atoms with van der Waals surface area (Å²) in [5.41, 5.74) is 0.919. The first-order valence-corrected chi connectivity index (χ1v) is 6.62. The minimum Gasteiger partial charge on any atom is -0.496 e. The lowest BCUT2D eigenvalue weighted by Gasteiger charge is -2.35. The SMILES string of the molecule is COc1ccc(C2(C#N)CCC2)cc1SC. The molecule has 1 fully saturated rings. The molecule has 0 atom stereocenters. The molecule has 2 rings (SSSR count). The Labute approximate surface area is 101 Å². The molecule has 0 spiro atoms. The van der Waals surface area contributed by atoms with E-state index in [2.05, 4.69) is 12.1 Å². The second-order valence-electron chi connectivity index (χ2n) is 4.12. The first-order valence-electron chi connectivity index (χ1n) is 5.39. The van der Waals surface area contributed by atoms with Crippen molar-refractivity contribution in [1.82, 2.24) is 0 Å². The summed E-state index contributed by atoms with van der Waals surface area (Å²) in [6.45, 7) is 0. The molecule has 0 amide bonds. The summed E-state index contributed by atoms with van der Waals surface area (Å²) in [5.74, 6) is 0.892. The number of hydrogen-bond donors (Lipinski definition) is 0. The third kappa shape index (κ3) is 1.68. The highest BCUT2D eigenvalue weighted by molar-refractivity contribution is 7.98. The van der Waals surface area contributed by atoms with Crippen LogP contribution >= 0.6 is 11.8 Å². The van der Waals surface area contributed by atoms with Crippen LogP contribution in [-0.4, -0.2) is 13.4 Å². The van der Waals surface area contributed by atoms with Crippen LogP contribution in [0.4, 0.5) is 0 Å². The molecule has 0 aromatic heterocycles. The van der Waals surface area contributed by atoms with Gasteiger partial charge in [-0.3, -0.25) is 0 Å². The lowest BCUT2D eigenvalue weighted by atomic mass is 9.65. The predicted molar refractivity (Wildman–Crippen MR) is 65.9 cm³/mol. The van der Waals surface area contributed by atoms with Crippen molar-refractivity contribution in [2.24, 2.45) is 0 Å². The molecule has 0 saturated heterocycles. The first kappa shape index (κ1) is 11.3. The van der Waals surface area contributed by atoms with E-state index in [1.54, 1.807) is 18.9 Å². The van der Waals surface area contributed by atoms with Gasteiger partial charge in [-0.25, -0.2) is 0 Å². The van der Waals surface area contributed by atoms with Crippen LogP contribution in [0.1, 0.15) is 24.8 Å². The number of rotatable bonds is 3. The third-order valence-corrected chi connectivity index (χ3v) is 4.12. The van der Waals surface area contributed by atoms with Crippen LogP contribution in [-0.2, 0) is 5.41 Å². The molecule has 3 heteroatoms. The van der Waals surface area contributed by atoms with Gasteiger partial charge in [-0.15, -0.1) is 11.8 Å². The van der Waals surface area contributed by atoms with Crippen LogP contribution in [0.2, 0.25) is 0 Å². The van der Waals surface area contributed by atoms with E-state index in [1.807, 2.05) is 18.4 Å². The molecule has 0 heterocycles. The molecule has 2 nitrogen and oxygen atoms in total. The van der Waals surface area contributed by atoms with E-state index in [0.29, 0.717) is 0 Å². The van der Waals surface area contributed by atoms with Crippen molar-refractivity contribution < 1.29 is 4.74 Å². The summed E-state index contributed by atoms with van der Waals surface area (Å²) in [4.78, 5) is 1.11. The lowest BCUT2D eigenvalue weighted by molar-refractivity contribution is 0.322. The molecule has 1 aliphatic carbocycles. The molecule has 0 radical (unpaired) electrons. The lowest BCUT2D eigenvalue weighted by Crippen LogP contribution is -2.32. The van der Waals surface area contributed by atoms with Crippen molar-refractivity contribution in [3.05, 3.63) is 23.8 Å². The third-order valence-electron chi connectivity index (χ3n) is 3.36. The van der Waals surface area contributed by atoms with E-state index in [0.717, 1.165) is 35.5 Å². The minimum absolute atomic E-state index is 0.225. The van der Waals surface area contributed by atoms with Gasteiger partial charge >= 0.3 is 0 Å². The van der Waals surface area contributed by atoms with Gasteiger partial charge in [0.05, 0.1) is 18.6 Å². The summed E-state index contributed by atoms with van der Waals surface area (Å²) >= 11 is 1.66. The summed E-state index contributed by atoms with van der Waals surface area (Å²) in [6, 6.07) is 8.57. The molecule has 1 aromatic rings. The summed E-state index contributed by atoms with van der Waals surface area (Å²) in [6.07, 6.45) is 5.17. The molecule has 0 unspecified atom stereocenters. The monoisotopic (exact) mass is 233 g/mol. The normalized spacial score (nSPS) is 17.3. The quantitative estimate of drug-likeness (QED) is 0.750. The molecular weight excluding hydrogens is 218 g/mol. The molecule has 0 bridgehead atoms. The summed E-state index contributed by atoms with van der Waals surface area (Å²) in [5, 5.41) is 9.29. The van der Waals surface area contributed by atoms with E-state index in [-0.39, 0.29) is 5.41 Å². The van der Waals surface area contributed by atoms with E-state index >= 15 is 0 Å². The average molecular weight is 233 g/mol. The number of thioether (sulfide) groups is 1. The van der Waals surface area contributed by atoms with Gasteiger partial charge in [-0.1, -0.05) is 6.07 Å². The number of ether oxygens (including phenoxy) is 1. The Hall–Kier alpha value is -1.14. The highest BCUT2D eigenvalue weighted by Gasteiger charge is 2.39. The molecule has 1 aromatic carbocycles. The van der Waals surface area contributed by atoms with Gasteiger partial charge in [-0.05, 0) is 43.2 Å². The average Bonchev–Trinajstić information content (AvgIpc) is 2.28. The molecular formula is C13H15NOS. The van der Waals surface area contributed by atoms with Gasteiger partial charge in [0, 0.05) is 4.90 Å². The second kappa shape index (κ2) is 4.39. The van der Waals surface area contributed by atoms with E-state index in [1.165, 1.54) is 0 Å². The Morgan fingerprint density at radius 1 is 1.44 bits per heavy atom. The van der Waals surface area contributed by atoms with Crippen LogP contribution in [0.5, 0.6) is 5.75 Å². The van der Waals surface area contributed by atoms with Gasteiger partial charge < -0.3 is 4.74 Å². The number of nitrogens with zero attached hydrogens (tertiary/aromatic N) is 1. The topological polar surface area (TPSA) is 33.0 Å². The zero-order valence-corrected chi connectivity index (χ0v) is 10.4. The maximum absolute atomic E-state index is 9.29. The highest BCUT2D eigenvalue weighted by atomic mass is 32.2. The number of hydrogen-bond acceptors (Lipinski definition) is 3.